The third kappa shape index (κ3) is 3.99. The molecule has 5 nitrogen and oxygen atoms in total. The van der Waals surface area contributed by atoms with Crippen molar-refractivity contribution in [1.82, 2.24) is 14.5 Å². The number of aryl methyl sites for hydroxylation is 1. The Labute approximate surface area is 177 Å². The number of benzene rings is 2. The minimum absolute atomic E-state index is 0.168. The van der Waals surface area contributed by atoms with Gasteiger partial charge in [-0.1, -0.05) is 35.5 Å². The molecule has 0 aliphatic heterocycles. The lowest BCUT2D eigenvalue weighted by atomic mass is 10.2. The molecule has 0 amide bonds. The summed E-state index contributed by atoms with van der Waals surface area (Å²) in [4.78, 5) is 22.6. The largest absolute Gasteiger partial charge is 0.495 e. The zero-order valence-corrected chi connectivity index (χ0v) is 17.5. The van der Waals surface area contributed by atoms with E-state index in [0.29, 0.717) is 38.3 Å². The van der Waals surface area contributed by atoms with E-state index in [9.17, 15) is 4.79 Å². The Bertz CT molecular complexity index is 1240. The maximum Gasteiger partial charge on any atom is 0.266 e. The smallest absolute Gasteiger partial charge is 0.266 e. The Hall–Kier alpha value is -2.83. The summed E-state index contributed by atoms with van der Waals surface area (Å²) in [6, 6.07) is 16.6. The second-order valence-electron chi connectivity index (χ2n) is 6.48. The molecule has 2 aromatic heterocycles. The van der Waals surface area contributed by atoms with Gasteiger partial charge in [-0.15, -0.1) is 0 Å². The summed E-state index contributed by atoms with van der Waals surface area (Å²) in [6.45, 7) is 1.98. The molecule has 0 saturated carbocycles. The van der Waals surface area contributed by atoms with Crippen molar-refractivity contribution in [3.63, 3.8) is 0 Å². The number of hydrogen-bond donors (Lipinski definition) is 0. The minimum atomic E-state index is -0.168. The van der Waals surface area contributed by atoms with Crippen molar-refractivity contribution in [3.8, 4) is 11.4 Å². The Kier molecular flexibility index (Phi) is 5.56. The van der Waals surface area contributed by atoms with Crippen LogP contribution in [0.5, 0.6) is 5.75 Å². The van der Waals surface area contributed by atoms with Crippen LogP contribution in [0.1, 0.15) is 11.3 Å². The quantitative estimate of drug-likeness (QED) is 0.332. The van der Waals surface area contributed by atoms with E-state index >= 15 is 0 Å². The maximum absolute atomic E-state index is 13.4. The zero-order chi connectivity index (χ0) is 20.4. The number of pyridine rings is 1. The van der Waals surface area contributed by atoms with E-state index in [0.717, 1.165) is 11.3 Å². The van der Waals surface area contributed by atoms with Crippen molar-refractivity contribution < 1.29 is 4.74 Å². The molecule has 0 aliphatic rings. The normalized spacial score (nSPS) is 11.0. The minimum Gasteiger partial charge on any atom is -0.495 e. The predicted octanol–water partition coefficient (Wildman–Crippen LogP) is 5.04. The van der Waals surface area contributed by atoms with Crippen LogP contribution in [-0.4, -0.2) is 21.6 Å². The summed E-state index contributed by atoms with van der Waals surface area (Å²) in [5.74, 6) is 1.18. The summed E-state index contributed by atoms with van der Waals surface area (Å²) in [7, 11) is 1.59. The Morgan fingerprint density at radius 1 is 1.14 bits per heavy atom. The summed E-state index contributed by atoms with van der Waals surface area (Å²) in [6.07, 6.45) is 1.75. The van der Waals surface area contributed by atoms with Crippen molar-refractivity contribution in [2.24, 2.45) is 0 Å². The highest BCUT2D eigenvalue weighted by Gasteiger charge is 2.17. The molecule has 0 unspecified atom stereocenters. The van der Waals surface area contributed by atoms with Gasteiger partial charge in [-0.05, 0) is 55.0 Å². The van der Waals surface area contributed by atoms with Crippen LogP contribution in [0.15, 0.2) is 70.7 Å². The maximum atomic E-state index is 13.4. The summed E-state index contributed by atoms with van der Waals surface area (Å²) >= 11 is 7.58. The lowest BCUT2D eigenvalue weighted by Gasteiger charge is -2.16. The fourth-order valence-electron chi connectivity index (χ4n) is 3.04. The number of aromatic nitrogens is 3. The first kappa shape index (κ1) is 19.5. The number of thioether (sulfide) groups is 1. The van der Waals surface area contributed by atoms with Crippen molar-refractivity contribution >= 4 is 34.3 Å². The van der Waals surface area contributed by atoms with E-state index in [1.807, 2.05) is 43.3 Å². The van der Waals surface area contributed by atoms with Gasteiger partial charge < -0.3 is 4.74 Å². The van der Waals surface area contributed by atoms with E-state index in [1.54, 1.807) is 36.1 Å². The molecule has 0 fully saturated rings. The second kappa shape index (κ2) is 8.27. The van der Waals surface area contributed by atoms with Gasteiger partial charge in [0.25, 0.3) is 5.56 Å². The van der Waals surface area contributed by atoms with Crippen molar-refractivity contribution in [3.05, 3.63) is 87.4 Å². The molecular formula is C22H18ClN3O2S. The van der Waals surface area contributed by atoms with Crippen LogP contribution < -0.4 is 10.3 Å². The van der Waals surface area contributed by atoms with Crippen LogP contribution in [0.3, 0.4) is 0 Å². The molecule has 0 aliphatic carbocycles. The van der Waals surface area contributed by atoms with E-state index in [4.69, 9.17) is 21.3 Å². The van der Waals surface area contributed by atoms with Gasteiger partial charge in [0.15, 0.2) is 5.16 Å². The summed E-state index contributed by atoms with van der Waals surface area (Å²) < 4.78 is 7.14. The number of fused-ring (bicyclic) bond motifs is 1. The molecule has 0 bridgehead atoms. The van der Waals surface area contributed by atoms with Crippen LogP contribution in [-0.2, 0) is 5.75 Å². The number of hydrogen-bond acceptors (Lipinski definition) is 5. The monoisotopic (exact) mass is 423 g/mol. The fraction of sp³-hybridized carbons (Fsp3) is 0.136. The standard InChI is InChI=1S/C22H18ClN3O2S/c1-14-6-9-20(28-2)19(11-14)26-21(27)17-8-7-15(23)12-18(17)25-22(26)29-13-16-5-3-4-10-24-16/h3-12H,13H2,1-2H3. The molecule has 146 valence electrons. The van der Waals surface area contributed by atoms with Gasteiger partial charge in [0.05, 0.1) is 29.4 Å². The zero-order valence-electron chi connectivity index (χ0n) is 15.9. The average molecular weight is 424 g/mol. The van der Waals surface area contributed by atoms with E-state index < -0.39 is 0 Å². The molecule has 7 heteroatoms. The molecule has 4 aromatic rings. The summed E-state index contributed by atoms with van der Waals surface area (Å²) in [5.41, 5.74) is 2.98. The number of ether oxygens (including phenoxy) is 1. The molecule has 0 spiro atoms. The highest BCUT2D eigenvalue weighted by atomic mass is 35.5. The number of rotatable bonds is 5. The molecule has 0 N–H and O–H groups in total. The fourth-order valence-corrected chi connectivity index (χ4v) is 4.13. The van der Waals surface area contributed by atoms with Gasteiger partial charge in [-0.25, -0.2) is 4.98 Å². The van der Waals surface area contributed by atoms with Crippen LogP contribution in [0, 0.1) is 6.92 Å². The van der Waals surface area contributed by atoms with Gasteiger partial charge in [0, 0.05) is 17.0 Å². The van der Waals surface area contributed by atoms with Crippen LogP contribution >= 0.6 is 23.4 Å². The molecule has 2 heterocycles. The molecule has 4 rings (SSSR count). The van der Waals surface area contributed by atoms with Gasteiger partial charge in [0.2, 0.25) is 0 Å². The summed E-state index contributed by atoms with van der Waals surface area (Å²) in [5, 5.41) is 1.59. The van der Waals surface area contributed by atoms with Crippen LogP contribution in [0.25, 0.3) is 16.6 Å². The Morgan fingerprint density at radius 2 is 2.00 bits per heavy atom. The van der Waals surface area contributed by atoms with Gasteiger partial charge >= 0.3 is 0 Å². The highest BCUT2D eigenvalue weighted by molar-refractivity contribution is 7.98. The average Bonchev–Trinajstić information content (AvgIpc) is 2.73. The first-order valence-electron chi connectivity index (χ1n) is 8.97. The molecule has 0 atom stereocenters. The second-order valence-corrected chi connectivity index (χ2v) is 7.86. The van der Waals surface area contributed by atoms with Gasteiger partial charge in [0.1, 0.15) is 5.75 Å². The van der Waals surface area contributed by atoms with Gasteiger partial charge in [-0.2, -0.15) is 0 Å². The number of nitrogens with zero attached hydrogens (tertiary/aromatic N) is 3. The molecular weight excluding hydrogens is 406 g/mol. The number of methoxy groups -OCH3 is 1. The van der Waals surface area contributed by atoms with Crippen LogP contribution in [0.2, 0.25) is 5.02 Å². The van der Waals surface area contributed by atoms with E-state index in [-0.39, 0.29) is 5.56 Å². The number of halogens is 1. The predicted molar refractivity (Wildman–Crippen MR) is 117 cm³/mol. The van der Waals surface area contributed by atoms with Crippen molar-refractivity contribution in [1.29, 1.82) is 0 Å². The van der Waals surface area contributed by atoms with Crippen LogP contribution in [0.4, 0.5) is 0 Å². The molecule has 0 radical (unpaired) electrons. The highest BCUT2D eigenvalue weighted by Crippen LogP contribution is 2.29. The Balaban J connectivity index is 1.93. The first-order chi connectivity index (χ1) is 14.1. The van der Waals surface area contributed by atoms with E-state index in [2.05, 4.69) is 4.98 Å². The topological polar surface area (TPSA) is 57.0 Å². The van der Waals surface area contributed by atoms with Gasteiger partial charge in [-0.3, -0.25) is 14.3 Å². The van der Waals surface area contributed by atoms with Crippen molar-refractivity contribution in [2.45, 2.75) is 17.8 Å². The molecule has 0 saturated heterocycles. The lowest BCUT2D eigenvalue weighted by molar-refractivity contribution is 0.411. The SMILES string of the molecule is COc1ccc(C)cc1-n1c(SCc2ccccn2)nc2cc(Cl)ccc2c1=O. The third-order valence-corrected chi connectivity index (χ3v) is 5.66. The molecule has 29 heavy (non-hydrogen) atoms. The Morgan fingerprint density at radius 3 is 2.76 bits per heavy atom. The molecule has 2 aromatic carbocycles. The first-order valence-corrected chi connectivity index (χ1v) is 10.3. The lowest BCUT2D eigenvalue weighted by Crippen LogP contribution is -2.22. The third-order valence-electron chi connectivity index (χ3n) is 4.45. The van der Waals surface area contributed by atoms with Crippen molar-refractivity contribution in [2.75, 3.05) is 7.11 Å². The van der Waals surface area contributed by atoms with E-state index in [1.165, 1.54) is 11.8 Å².